The van der Waals surface area contributed by atoms with E-state index in [1.165, 1.54) is 22.7 Å². The van der Waals surface area contributed by atoms with E-state index in [0.717, 1.165) is 19.6 Å². The zero-order chi connectivity index (χ0) is 23.8. The van der Waals surface area contributed by atoms with E-state index in [0.29, 0.717) is 21.3 Å². The standard InChI is InChI=1S/C17H31N6O7PS/c1-5-23(6-2,7-3)22-14(18)11-15(20-17(22)32-4)21(9-19-11)16-13(25)12(24)10(30-16)8-29-31(26,27)28/h9-10,12-14,16,24-25H,5-8,18H2,1-4H3,(H-,26,27,28)/t10-,12?,13?,14?,16-/m1/s1. The van der Waals surface area contributed by atoms with E-state index in [9.17, 15) is 19.7 Å². The van der Waals surface area contributed by atoms with Gasteiger partial charge in [-0.15, -0.1) is 0 Å². The first-order valence-electron chi connectivity index (χ1n) is 10.3. The van der Waals surface area contributed by atoms with E-state index < -0.39 is 45.1 Å². The van der Waals surface area contributed by atoms with Crippen molar-refractivity contribution in [2.75, 3.05) is 32.5 Å². The number of quaternary nitrogens is 1. The summed E-state index contributed by atoms with van der Waals surface area (Å²) in [7, 11) is -5.01. The molecule has 0 bridgehead atoms. The Hall–Kier alpha value is -1.06. The van der Waals surface area contributed by atoms with Crippen LogP contribution in [0.5, 0.6) is 0 Å². The van der Waals surface area contributed by atoms with Gasteiger partial charge in [0.15, 0.2) is 18.2 Å². The lowest BCUT2D eigenvalue weighted by Crippen LogP contribution is -2.64. The SMILES string of the molecule is CC[N+](CC)(CC)N1C(SC)=Nc2c(ncn2[C@@H]2O[C@H](COP(=O)([O-])O)C(O)C2O)C1N. The Morgan fingerprint density at radius 3 is 2.47 bits per heavy atom. The average Bonchev–Trinajstić information content (AvgIpc) is 3.30. The van der Waals surface area contributed by atoms with Crippen LogP contribution in [0.25, 0.3) is 0 Å². The van der Waals surface area contributed by atoms with Crippen LogP contribution in [-0.4, -0.2) is 90.2 Å². The molecular weight excluding hydrogens is 463 g/mol. The van der Waals surface area contributed by atoms with Gasteiger partial charge in [-0.25, -0.2) is 14.6 Å². The Morgan fingerprint density at radius 2 is 1.94 bits per heavy atom. The maximum absolute atomic E-state index is 10.9. The third kappa shape index (κ3) is 4.49. The van der Waals surface area contributed by atoms with Crippen molar-refractivity contribution in [2.45, 2.75) is 51.5 Å². The topological polar surface area (TPSA) is 179 Å². The van der Waals surface area contributed by atoms with Crippen LogP contribution in [0.4, 0.5) is 5.82 Å². The van der Waals surface area contributed by atoms with Crippen LogP contribution >= 0.6 is 19.6 Å². The molecule has 0 aromatic carbocycles. The molecule has 13 nitrogen and oxygen atoms in total. The smallest absolute Gasteiger partial charge is 0.265 e. The third-order valence-corrected chi connectivity index (χ3v) is 7.27. The van der Waals surface area contributed by atoms with Gasteiger partial charge in [0, 0.05) is 0 Å². The number of nitrogens with zero attached hydrogens (tertiary/aromatic N) is 5. The van der Waals surface area contributed by atoms with E-state index in [2.05, 4.69) is 30.3 Å². The van der Waals surface area contributed by atoms with E-state index >= 15 is 0 Å². The number of hydrogen-bond donors (Lipinski definition) is 4. The highest BCUT2D eigenvalue weighted by molar-refractivity contribution is 8.13. The molecule has 0 saturated carbocycles. The summed E-state index contributed by atoms with van der Waals surface area (Å²) in [5.74, 6) is 0.383. The molecule has 1 saturated heterocycles. The highest BCUT2D eigenvalue weighted by Gasteiger charge is 2.48. The molecule has 4 unspecified atom stereocenters. The van der Waals surface area contributed by atoms with Gasteiger partial charge in [0.2, 0.25) is 5.17 Å². The van der Waals surface area contributed by atoms with Crippen molar-refractivity contribution in [2.24, 2.45) is 10.7 Å². The van der Waals surface area contributed by atoms with Gasteiger partial charge in [0.1, 0.15) is 24.0 Å². The van der Waals surface area contributed by atoms with Crippen molar-refractivity contribution in [3.05, 3.63) is 12.0 Å². The minimum Gasteiger partial charge on any atom is -0.756 e. The molecule has 0 radical (unpaired) electrons. The van der Waals surface area contributed by atoms with E-state index in [4.69, 9.17) is 20.4 Å². The van der Waals surface area contributed by atoms with Crippen molar-refractivity contribution in [1.29, 1.82) is 0 Å². The minimum absolute atomic E-state index is 0.383. The number of phosphoric acid groups is 1. The van der Waals surface area contributed by atoms with Gasteiger partial charge in [-0.3, -0.25) is 9.13 Å². The van der Waals surface area contributed by atoms with E-state index in [-0.39, 0.29) is 0 Å². The molecular formula is C17H31N6O7PS. The first-order valence-corrected chi connectivity index (χ1v) is 13.1. The van der Waals surface area contributed by atoms with Gasteiger partial charge < -0.3 is 35.0 Å². The number of rotatable bonds is 8. The highest BCUT2D eigenvalue weighted by atomic mass is 32.2. The monoisotopic (exact) mass is 494 g/mol. The fourth-order valence-corrected chi connectivity index (χ4v) is 5.22. The molecule has 5 N–H and O–H groups in total. The van der Waals surface area contributed by atoms with Crippen LogP contribution in [0.1, 0.15) is 38.9 Å². The Balaban J connectivity index is 1.94. The highest BCUT2D eigenvalue weighted by Crippen LogP contribution is 2.41. The Bertz CT molecular complexity index is 882. The van der Waals surface area contributed by atoms with Crippen molar-refractivity contribution in [3.63, 3.8) is 0 Å². The Kier molecular flexibility index (Phi) is 7.72. The Labute approximate surface area is 190 Å². The lowest BCUT2D eigenvalue weighted by molar-refractivity contribution is -1.02. The third-order valence-electron chi connectivity index (χ3n) is 6.15. The number of imidazole rings is 1. The summed E-state index contributed by atoms with van der Waals surface area (Å²) in [4.78, 5) is 28.8. The van der Waals surface area contributed by atoms with Crippen LogP contribution in [0.15, 0.2) is 11.3 Å². The lowest BCUT2D eigenvalue weighted by atomic mass is 10.1. The second-order valence-corrected chi connectivity index (χ2v) is 9.57. The number of ether oxygens (including phenoxy) is 1. The molecule has 1 fully saturated rings. The second-order valence-electron chi connectivity index (χ2n) is 7.60. The molecule has 3 heterocycles. The van der Waals surface area contributed by atoms with Gasteiger partial charge in [-0.1, -0.05) is 11.8 Å². The summed E-state index contributed by atoms with van der Waals surface area (Å²) in [5.41, 5.74) is 7.13. The molecule has 2 aliphatic rings. The van der Waals surface area contributed by atoms with Crippen LogP contribution in [0.2, 0.25) is 0 Å². The molecule has 32 heavy (non-hydrogen) atoms. The predicted molar refractivity (Wildman–Crippen MR) is 115 cm³/mol. The summed E-state index contributed by atoms with van der Waals surface area (Å²) in [6.07, 6.45) is -2.44. The molecule has 1 aromatic rings. The number of fused-ring (bicyclic) bond motifs is 1. The van der Waals surface area contributed by atoms with Gasteiger partial charge >= 0.3 is 0 Å². The number of aromatic nitrogens is 2. The summed E-state index contributed by atoms with van der Waals surface area (Å²) < 4.78 is 22.9. The molecule has 15 heteroatoms. The predicted octanol–water partition coefficient (Wildman–Crippen LogP) is -0.605. The van der Waals surface area contributed by atoms with Crippen LogP contribution in [0.3, 0.4) is 0 Å². The van der Waals surface area contributed by atoms with Crippen molar-refractivity contribution < 1.29 is 38.4 Å². The summed E-state index contributed by atoms with van der Waals surface area (Å²) in [5, 5.41) is 23.5. The van der Waals surface area contributed by atoms with Crippen molar-refractivity contribution in [3.8, 4) is 0 Å². The Morgan fingerprint density at radius 1 is 1.31 bits per heavy atom. The fraction of sp³-hybridized carbons (Fsp3) is 0.765. The van der Waals surface area contributed by atoms with Gasteiger partial charge in [0.05, 0.1) is 32.6 Å². The first-order chi connectivity index (χ1) is 15.0. The second kappa shape index (κ2) is 9.66. The maximum atomic E-state index is 10.9. The minimum atomic E-state index is -5.01. The van der Waals surface area contributed by atoms with E-state index in [1.54, 1.807) is 0 Å². The largest absolute Gasteiger partial charge is 0.756 e. The molecule has 0 aliphatic carbocycles. The number of nitrogens with two attached hydrogens (primary N) is 1. The normalized spacial score (nSPS) is 30.2. The number of amidine groups is 1. The maximum Gasteiger partial charge on any atom is 0.265 e. The molecule has 1 aromatic heterocycles. The zero-order valence-corrected chi connectivity index (χ0v) is 20.1. The van der Waals surface area contributed by atoms with Gasteiger partial charge in [0.25, 0.3) is 7.82 Å². The van der Waals surface area contributed by atoms with Gasteiger partial charge in [-0.05, 0) is 27.0 Å². The molecule has 182 valence electrons. The molecule has 6 atom stereocenters. The zero-order valence-electron chi connectivity index (χ0n) is 18.4. The molecule has 0 amide bonds. The summed E-state index contributed by atoms with van der Waals surface area (Å²) in [6, 6.07) is 0. The lowest BCUT2D eigenvalue weighted by Gasteiger charge is -2.48. The number of hydrogen-bond acceptors (Lipinski definition) is 11. The van der Waals surface area contributed by atoms with Crippen LogP contribution < -0.4 is 10.6 Å². The first kappa shape index (κ1) is 25.6. The number of aliphatic hydroxyl groups is 2. The molecule has 0 spiro atoms. The fourth-order valence-electron chi connectivity index (χ4n) is 4.23. The number of thioether (sulfide) groups is 1. The molecule has 2 aliphatic heterocycles. The summed E-state index contributed by atoms with van der Waals surface area (Å²) >= 11 is 1.43. The van der Waals surface area contributed by atoms with E-state index in [1.807, 2.05) is 11.3 Å². The summed E-state index contributed by atoms with van der Waals surface area (Å²) in [6.45, 7) is 8.04. The van der Waals surface area contributed by atoms with Gasteiger partial charge in [-0.2, -0.15) is 5.01 Å². The number of aliphatic imine (C=N–C) groups is 1. The van der Waals surface area contributed by atoms with Crippen molar-refractivity contribution >= 4 is 30.6 Å². The van der Waals surface area contributed by atoms with Crippen molar-refractivity contribution in [1.82, 2.24) is 14.6 Å². The average molecular weight is 495 g/mol. The quantitative estimate of drug-likeness (QED) is 0.268. The number of phosphoric ester groups is 1. The van der Waals surface area contributed by atoms with Crippen LogP contribution in [0, 0.1) is 0 Å². The molecule has 3 rings (SSSR count). The number of aliphatic hydroxyl groups excluding tert-OH is 2. The van der Waals surface area contributed by atoms with Crippen LogP contribution in [-0.2, 0) is 13.8 Å².